The topological polar surface area (TPSA) is 80.1 Å². The first kappa shape index (κ1) is 23.1. The van der Waals surface area contributed by atoms with Crippen molar-refractivity contribution in [2.45, 2.75) is 31.0 Å². The average molecular weight is 486 g/mol. The Morgan fingerprint density at radius 3 is 2.77 bits per heavy atom. The molecule has 0 unspecified atom stereocenters. The summed E-state index contributed by atoms with van der Waals surface area (Å²) in [6, 6.07) is 19.2. The summed E-state index contributed by atoms with van der Waals surface area (Å²) in [7, 11) is 1.96. The number of amides is 2. The van der Waals surface area contributed by atoms with E-state index in [9.17, 15) is 9.59 Å². The SMILES string of the molecule is Cc1ccc2nc(SCC(=O)N3CCC[C@H]3C(=O)Nc3ncccc3-c3ccccc3)n(C)c2c1. The Labute approximate surface area is 208 Å². The molecule has 0 saturated carbocycles. The van der Waals surface area contributed by atoms with Gasteiger partial charge in [-0.05, 0) is 55.2 Å². The van der Waals surface area contributed by atoms with Crippen LogP contribution in [0.5, 0.6) is 0 Å². The number of thioether (sulfide) groups is 1. The van der Waals surface area contributed by atoms with E-state index in [4.69, 9.17) is 0 Å². The molecule has 178 valence electrons. The van der Waals surface area contributed by atoms with Crippen molar-refractivity contribution in [3.63, 3.8) is 0 Å². The first-order valence-corrected chi connectivity index (χ1v) is 12.7. The second-order valence-corrected chi connectivity index (χ2v) is 9.68. The van der Waals surface area contributed by atoms with Gasteiger partial charge in [0.1, 0.15) is 11.9 Å². The lowest BCUT2D eigenvalue weighted by Gasteiger charge is -2.24. The molecule has 0 radical (unpaired) electrons. The number of anilines is 1. The van der Waals surface area contributed by atoms with Crippen LogP contribution in [0.3, 0.4) is 0 Å². The molecule has 3 heterocycles. The largest absolute Gasteiger partial charge is 0.330 e. The number of hydrogen-bond acceptors (Lipinski definition) is 5. The van der Waals surface area contributed by atoms with Crippen LogP contribution in [-0.4, -0.2) is 49.6 Å². The van der Waals surface area contributed by atoms with Crippen LogP contribution in [0, 0.1) is 6.92 Å². The number of hydrogen-bond donors (Lipinski definition) is 1. The van der Waals surface area contributed by atoms with Gasteiger partial charge in [-0.2, -0.15) is 0 Å². The number of aryl methyl sites for hydroxylation is 2. The van der Waals surface area contributed by atoms with Gasteiger partial charge in [-0.3, -0.25) is 9.59 Å². The highest BCUT2D eigenvalue weighted by molar-refractivity contribution is 7.99. The van der Waals surface area contributed by atoms with Gasteiger partial charge >= 0.3 is 0 Å². The maximum atomic E-state index is 13.2. The molecule has 5 rings (SSSR count). The van der Waals surface area contributed by atoms with Gasteiger partial charge in [0.15, 0.2) is 5.16 Å². The van der Waals surface area contributed by atoms with E-state index in [0.29, 0.717) is 18.8 Å². The predicted molar refractivity (Wildman–Crippen MR) is 139 cm³/mol. The zero-order valence-electron chi connectivity index (χ0n) is 19.8. The van der Waals surface area contributed by atoms with Gasteiger partial charge in [0.2, 0.25) is 11.8 Å². The van der Waals surface area contributed by atoms with E-state index in [1.807, 2.05) is 66.2 Å². The second kappa shape index (κ2) is 9.92. The fourth-order valence-corrected chi connectivity index (χ4v) is 5.38. The molecule has 0 spiro atoms. The molecule has 1 fully saturated rings. The van der Waals surface area contributed by atoms with Gasteiger partial charge in [-0.25, -0.2) is 9.97 Å². The molecule has 2 aromatic heterocycles. The van der Waals surface area contributed by atoms with Crippen LogP contribution in [0.15, 0.2) is 72.0 Å². The van der Waals surface area contributed by atoms with E-state index in [-0.39, 0.29) is 17.6 Å². The molecular formula is C27H27N5O2S. The lowest BCUT2D eigenvalue weighted by Crippen LogP contribution is -2.44. The molecule has 1 saturated heterocycles. The normalized spacial score (nSPS) is 15.5. The van der Waals surface area contributed by atoms with Crippen LogP contribution in [0.2, 0.25) is 0 Å². The molecule has 1 atom stereocenters. The van der Waals surface area contributed by atoms with Gasteiger partial charge in [0.05, 0.1) is 16.8 Å². The third kappa shape index (κ3) is 4.79. The number of nitrogens with zero attached hydrogens (tertiary/aromatic N) is 4. The number of aromatic nitrogens is 3. The molecule has 35 heavy (non-hydrogen) atoms. The minimum Gasteiger partial charge on any atom is -0.330 e. The molecule has 0 aliphatic carbocycles. The van der Waals surface area contributed by atoms with E-state index in [2.05, 4.69) is 28.3 Å². The Bertz CT molecular complexity index is 1390. The highest BCUT2D eigenvalue weighted by Crippen LogP contribution is 2.28. The maximum Gasteiger partial charge on any atom is 0.248 e. The number of carbonyl (C=O) groups is 2. The predicted octanol–water partition coefficient (Wildman–Crippen LogP) is 4.67. The number of rotatable bonds is 6. The minimum absolute atomic E-state index is 0.0554. The van der Waals surface area contributed by atoms with Crippen LogP contribution >= 0.6 is 11.8 Å². The van der Waals surface area contributed by atoms with E-state index in [1.165, 1.54) is 17.3 Å². The van der Waals surface area contributed by atoms with Gasteiger partial charge in [-0.15, -0.1) is 0 Å². The van der Waals surface area contributed by atoms with E-state index >= 15 is 0 Å². The molecule has 1 aliphatic rings. The summed E-state index contributed by atoms with van der Waals surface area (Å²) in [5, 5.41) is 3.77. The summed E-state index contributed by atoms with van der Waals surface area (Å²) in [4.78, 5) is 37.1. The number of fused-ring (bicyclic) bond motifs is 1. The Kier molecular flexibility index (Phi) is 6.55. The molecule has 1 N–H and O–H groups in total. The number of likely N-dealkylation sites (tertiary alicyclic amines) is 1. The van der Waals surface area contributed by atoms with Crippen LogP contribution in [0.1, 0.15) is 18.4 Å². The first-order valence-electron chi connectivity index (χ1n) is 11.7. The zero-order valence-corrected chi connectivity index (χ0v) is 20.6. The quantitative estimate of drug-likeness (QED) is 0.402. The Hall–Kier alpha value is -3.65. The maximum absolute atomic E-state index is 13.2. The molecule has 0 bridgehead atoms. The van der Waals surface area contributed by atoms with Gasteiger partial charge in [-0.1, -0.05) is 48.2 Å². The van der Waals surface area contributed by atoms with Crippen molar-refractivity contribution < 1.29 is 9.59 Å². The Morgan fingerprint density at radius 1 is 1.11 bits per heavy atom. The number of carbonyl (C=O) groups excluding carboxylic acids is 2. The smallest absolute Gasteiger partial charge is 0.248 e. The van der Waals surface area contributed by atoms with Gasteiger partial charge in [0, 0.05) is 25.4 Å². The van der Waals surface area contributed by atoms with E-state index < -0.39 is 6.04 Å². The summed E-state index contributed by atoms with van der Waals surface area (Å²) in [6.45, 7) is 2.63. The highest BCUT2D eigenvalue weighted by Gasteiger charge is 2.34. The van der Waals surface area contributed by atoms with E-state index in [0.717, 1.165) is 33.7 Å². The summed E-state index contributed by atoms with van der Waals surface area (Å²) < 4.78 is 2.01. The molecule has 1 aliphatic heterocycles. The monoisotopic (exact) mass is 485 g/mol. The van der Waals surface area contributed by atoms with E-state index in [1.54, 1.807) is 11.1 Å². The van der Waals surface area contributed by atoms with Crippen LogP contribution in [0.25, 0.3) is 22.2 Å². The third-order valence-corrected chi connectivity index (χ3v) is 7.34. The third-order valence-electron chi connectivity index (χ3n) is 6.33. The van der Waals surface area contributed by atoms with Gasteiger partial charge in [0.25, 0.3) is 0 Å². The summed E-state index contributed by atoms with van der Waals surface area (Å²) in [5.41, 5.74) is 4.95. The van der Waals surface area contributed by atoms with Crippen molar-refractivity contribution in [1.82, 2.24) is 19.4 Å². The second-order valence-electron chi connectivity index (χ2n) is 8.73. The number of nitrogens with one attached hydrogen (secondary N) is 1. The molecule has 8 heteroatoms. The fourth-order valence-electron chi connectivity index (χ4n) is 4.51. The number of pyridine rings is 1. The van der Waals surface area contributed by atoms with Gasteiger partial charge < -0.3 is 14.8 Å². The van der Waals surface area contributed by atoms with Crippen LogP contribution < -0.4 is 5.32 Å². The van der Waals surface area contributed by atoms with Crippen molar-refractivity contribution in [2.24, 2.45) is 7.05 Å². The van der Waals surface area contributed by atoms with Crippen molar-refractivity contribution in [2.75, 3.05) is 17.6 Å². The van der Waals surface area contributed by atoms with Crippen molar-refractivity contribution in [1.29, 1.82) is 0 Å². The lowest BCUT2D eigenvalue weighted by molar-refractivity contribution is -0.134. The molecule has 4 aromatic rings. The Morgan fingerprint density at radius 2 is 1.94 bits per heavy atom. The summed E-state index contributed by atoms with van der Waals surface area (Å²) in [5.74, 6) is 0.487. The van der Waals surface area contributed by atoms with Crippen LogP contribution in [0.4, 0.5) is 5.82 Å². The number of benzene rings is 2. The highest BCUT2D eigenvalue weighted by atomic mass is 32.2. The number of imidazole rings is 1. The van der Waals surface area contributed by atoms with Crippen molar-refractivity contribution >= 4 is 40.4 Å². The standard InChI is InChI=1S/C27H27N5O2S/c1-18-12-13-21-23(16-18)31(2)27(29-21)35-17-24(33)32-15-7-11-22(32)26(34)30-25-20(10-6-14-28-25)19-8-4-3-5-9-19/h3-6,8-10,12-14,16,22H,7,11,15,17H2,1-2H3,(H,28,30,34)/t22-/m0/s1. The minimum atomic E-state index is -0.503. The molecule has 2 amide bonds. The molecular weight excluding hydrogens is 458 g/mol. The Balaban J connectivity index is 1.27. The summed E-state index contributed by atoms with van der Waals surface area (Å²) >= 11 is 1.41. The fraction of sp³-hybridized carbons (Fsp3) is 0.259. The van der Waals surface area contributed by atoms with Crippen LogP contribution in [-0.2, 0) is 16.6 Å². The molecule has 2 aromatic carbocycles. The zero-order chi connectivity index (χ0) is 24.4. The average Bonchev–Trinajstić information content (AvgIpc) is 3.49. The van der Waals surface area contributed by atoms with Crippen molar-refractivity contribution in [3.8, 4) is 11.1 Å². The van der Waals surface area contributed by atoms with Crippen molar-refractivity contribution in [3.05, 3.63) is 72.4 Å². The molecule has 7 nitrogen and oxygen atoms in total. The summed E-state index contributed by atoms with van der Waals surface area (Å²) in [6.07, 6.45) is 3.10. The lowest BCUT2D eigenvalue weighted by atomic mass is 10.1. The first-order chi connectivity index (χ1) is 17.0.